The molecular weight excluding hydrogens is 398 g/mol. The van der Waals surface area contributed by atoms with E-state index in [2.05, 4.69) is 11.1 Å². The van der Waals surface area contributed by atoms with Crippen LogP contribution in [0, 0.1) is 32.8 Å². The number of nitrogens with zero attached hydrogens (tertiary/aromatic N) is 4. The third-order valence-corrected chi connectivity index (χ3v) is 5.53. The zero-order valence-corrected chi connectivity index (χ0v) is 15.6. The van der Waals surface area contributed by atoms with E-state index in [-0.39, 0.29) is 33.2 Å². The second kappa shape index (κ2) is 7.88. The standard InChI is InChI=1S/C18H9N5O3S2/c19-6-13-16(10-3-4-27-9-10)14(7-20)18(22-17(13)21)28-15-2-1-12(23(25)26)5-11(15)8-24/h1-5,8-9H,(H2,21,22). The first-order valence-electron chi connectivity index (χ1n) is 7.57. The van der Waals surface area contributed by atoms with Crippen LogP contribution in [0.5, 0.6) is 0 Å². The Balaban J connectivity index is 2.19. The van der Waals surface area contributed by atoms with Gasteiger partial charge in [0.1, 0.15) is 28.5 Å². The van der Waals surface area contributed by atoms with Crippen molar-refractivity contribution in [3.05, 3.63) is 61.8 Å². The Labute approximate surface area is 167 Å². The lowest BCUT2D eigenvalue weighted by Crippen LogP contribution is -2.03. The van der Waals surface area contributed by atoms with Crippen molar-refractivity contribution >= 4 is 40.9 Å². The molecule has 2 aromatic heterocycles. The number of nitro benzene ring substituents is 1. The van der Waals surface area contributed by atoms with Gasteiger partial charge in [-0.05, 0) is 28.5 Å². The van der Waals surface area contributed by atoms with Crippen LogP contribution in [0.2, 0.25) is 0 Å². The highest BCUT2D eigenvalue weighted by atomic mass is 32.2. The fraction of sp³-hybridized carbons (Fsp3) is 0. The normalized spacial score (nSPS) is 10.1. The number of nitro groups is 1. The van der Waals surface area contributed by atoms with Gasteiger partial charge in [-0.15, -0.1) is 0 Å². The number of nitrogen functional groups attached to an aromatic ring is 1. The van der Waals surface area contributed by atoms with E-state index < -0.39 is 4.92 Å². The van der Waals surface area contributed by atoms with E-state index in [4.69, 9.17) is 5.73 Å². The Kier molecular flexibility index (Phi) is 5.36. The van der Waals surface area contributed by atoms with Crippen LogP contribution in [0.4, 0.5) is 11.5 Å². The Bertz CT molecular complexity index is 1180. The molecular formula is C18H9N5O3S2. The molecule has 3 rings (SSSR count). The lowest BCUT2D eigenvalue weighted by atomic mass is 9.99. The summed E-state index contributed by atoms with van der Waals surface area (Å²) < 4.78 is 0. The predicted octanol–water partition coefficient (Wildman–Crippen LogP) is 4.01. The molecule has 0 atom stereocenters. The summed E-state index contributed by atoms with van der Waals surface area (Å²) in [6.45, 7) is 0. The summed E-state index contributed by atoms with van der Waals surface area (Å²) in [6.07, 6.45) is 0.494. The zero-order chi connectivity index (χ0) is 20.3. The number of aldehydes is 1. The van der Waals surface area contributed by atoms with Crippen molar-refractivity contribution in [3.8, 4) is 23.3 Å². The minimum absolute atomic E-state index is 0.0419. The van der Waals surface area contributed by atoms with Gasteiger partial charge in [-0.25, -0.2) is 4.98 Å². The monoisotopic (exact) mass is 407 g/mol. The fourth-order valence-electron chi connectivity index (χ4n) is 2.51. The second-order valence-corrected chi connectivity index (χ2v) is 7.17. The highest BCUT2D eigenvalue weighted by molar-refractivity contribution is 7.99. The van der Waals surface area contributed by atoms with E-state index in [0.717, 1.165) is 17.8 Å². The SMILES string of the molecule is N#Cc1c(N)nc(Sc2ccc([N+](=O)[O-])cc2C=O)c(C#N)c1-c1ccsc1. The number of carbonyl (C=O) groups excluding carboxylic acids is 1. The summed E-state index contributed by atoms with van der Waals surface area (Å²) >= 11 is 2.38. The number of carbonyl (C=O) groups is 1. The number of non-ortho nitro benzene ring substituents is 1. The maximum Gasteiger partial charge on any atom is 0.270 e. The van der Waals surface area contributed by atoms with Crippen LogP contribution in [-0.4, -0.2) is 16.2 Å². The number of benzene rings is 1. The van der Waals surface area contributed by atoms with Gasteiger partial charge in [-0.3, -0.25) is 14.9 Å². The highest BCUT2D eigenvalue weighted by Crippen LogP contribution is 2.39. The molecule has 28 heavy (non-hydrogen) atoms. The van der Waals surface area contributed by atoms with Crippen LogP contribution in [0.1, 0.15) is 21.5 Å². The molecule has 0 aliphatic carbocycles. The molecule has 3 aromatic rings. The number of thiophene rings is 1. The summed E-state index contributed by atoms with van der Waals surface area (Å²) in [5.41, 5.74) is 7.07. The Morgan fingerprint density at radius 2 is 2.00 bits per heavy atom. The molecule has 8 nitrogen and oxygen atoms in total. The molecule has 0 radical (unpaired) electrons. The lowest BCUT2D eigenvalue weighted by molar-refractivity contribution is -0.384. The third-order valence-electron chi connectivity index (χ3n) is 3.76. The highest BCUT2D eigenvalue weighted by Gasteiger charge is 2.22. The van der Waals surface area contributed by atoms with Crippen molar-refractivity contribution in [1.82, 2.24) is 4.98 Å². The van der Waals surface area contributed by atoms with E-state index in [1.807, 2.05) is 11.4 Å². The molecule has 0 fully saturated rings. The maximum absolute atomic E-state index is 11.4. The van der Waals surface area contributed by atoms with Crippen LogP contribution >= 0.6 is 23.1 Å². The summed E-state index contributed by atoms with van der Waals surface area (Å²) in [4.78, 5) is 26.2. The average Bonchev–Trinajstić information content (AvgIpc) is 3.22. The number of hydrogen-bond acceptors (Lipinski definition) is 9. The quantitative estimate of drug-likeness (QED) is 0.379. The van der Waals surface area contributed by atoms with Crippen LogP contribution in [0.15, 0.2) is 44.9 Å². The first-order valence-corrected chi connectivity index (χ1v) is 9.33. The van der Waals surface area contributed by atoms with Gasteiger partial charge in [-0.1, -0.05) is 11.8 Å². The van der Waals surface area contributed by atoms with E-state index in [9.17, 15) is 25.4 Å². The van der Waals surface area contributed by atoms with Crippen LogP contribution in [-0.2, 0) is 0 Å². The number of pyridine rings is 1. The topological polar surface area (TPSA) is 147 Å². The maximum atomic E-state index is 11.4. The van der Waals surface area contributed by atoms with E-state index >= 15 is 0 Å². The van der Waals surface area contributed by atoms with E-state index in [1.54, 1.807) is 11.4 Å². The van der Waals surface area contributed by atoms with Gasteiger partial charge in [0.2, 0.25) is 0 Å². The number of nitrogens with two attached hydrogens (primary N) is 1. The molecule has 0 bridgehead atoms. The van der Waals surface area contributed by atoms with Gasteiger partial charge in [0.25, 0.3) is 5.69 Å². The summed E-state index contributed by atoms with van der Waals surface area (Å²) in [5, 5.41) is 33.9. The van der Waals surface area contributed by atoms with Crippen molar-refractivity contribution in [3.63, 3.8) is 0 Å². The van der Waals surface area contributed by atoms with Crippen molar-refractivity contribution in [1.29, 1.82) is 10.5 Å². The largest absolute Gasteiger partial charge is 0.383 e. The van der Waals surface area contributed by atoms with Crippen LogP contribution < -0.4 is 5.73 Å². The van der Waals surface area contributed by atoms with Crippen molar-refractivity contribution in [2.24, 2.45) is 0 Å². The number of aromatic nitrogens is 1. The first-order chi connectivity index (χ1) is 13.5. The Hall–Kier alpha value is -3.73. The van der Waals surface area contributed by atoms with Gasteiger partial charge >= 0.3 is 0 Å². The van der Waals surface area contributed by atoms with Crippen LogP contribution in [0.3, 0.4) is 0 Å². The third kappa shape index (κ3) is 3.42. The van der Waals surface area contributed by atoms with Gasteiger partial charge in [0.05, 0.1) is 10.5 Å². The molecule has 10 heteroatoms. The number of nitriles is 2. The fourth-order valence-corrected chi connectivity index (χ4v) is 4.12. The predicted molar refractivity (Wildman–Crippen MR) is 104 cm³/mol. The molecule has 2 heterocycles. The summed E-state index contributed by atoms with van der Waals surface area (Å²) in [7, 11) is 0. The summed E-state index contributed by atoms with van der Waals surface area (Å²) in [6, 6.07) is 9.62. The van der Waals surface area contributed by atoms with Gasteiger partial charge in [-0.2, -0.15) is 21.9 Å². The molecule has 2 N–H and O–H groups in total. The van der Waals surface area contributed by atoms with Crippen molar-refractivity contribution in [2.45, 2.75) is 9.92 Å². The molecule has 0 saturated carbocycles. The first kappa shape index (κ1) is 19.0. The molecule has 1 aromatic carbocycles. The van der Waals surface area contributed by atoms with Gasteiger partial charge < -0.3 is 5.73 Å². The van der Waals surface area contributed by atoms with Crippen molar-refractivity contribution in [2.75, 3.05) is 5.73 Å². The number of anilines is 1. The van der Waals surface area contributed by atoms with Crippen molar-refractivity contribution < 1.29 is 9.72 Å². The molecule has 0 amide bonds. The lowest BCUT2D eigenvalue weighted by Gasteiger charge is -2.12. The average molecular weight is 407 g/mol. The van der Waals surface area contributed by atoms with Gasteiger partial charge in [0.15, 0.2) is 6.29 Å². The molecule has 0 unspecified atom stereocenters. The number of hydrogen-bond donors (Lipinski definition) is 1. The van der Waals surface area contributed by atoms with Gasteiger partial charge in [0, 0.05) is 28.2 Å². The van der Waals surface area contributed by atoms with Crippen LogP contribution in [0.25, 0.3) is 11.1 Å². The molecule has 0 saturated heterocycles. The molecule has 0 aliphatic heterocycles. The smallest absolute Gasteiger partial charge is 0.270 e. The molecule has 136 valence electrons. The zero-order valence-electron chi connectivity index (χ0n) is 13.9. The van der Waals surface area contributed by atoms with E-state index in [1.165, 1.54) is 23.5 Å². The molecule has 0 aliphatic rings. The second-order valence-electron chi connectivity index (χ2n) is 5.36. The minimum Gasteiger partial charge on any atom is -0.383 e. The summed E-state index contributed by atoms with van der Waals surface area (Å²) in [5.74, 6) is -0.0419. The Morgan fingerprint density at radius 1 is 1.25 bits per heavy atom. The Morgan fingerprint density at radius 3 is 2.57 bits per heavy atom. The number of rotatable bonds is 5. The van der Waals surface area contributed by atoms with E-state index in [0.29, 0.717) is 22.3 Å². The molecule has 0 spiro atoms. The minimum atomic E-state index is -0.602.